The highest BCUT2D eigenvalue weighted by molar-refractivity contribution is 8.03. The van der Waals surface area contributed by atoms with Crippen LogP contribution in [0.1, 0.15) is 18.1 Å². The lowest BCUT2D eigenvalue weighted by Gasteiger charge is -2.27. The van der Waals surface area contributed by atoms with Gasteiger partial charge in [0.2, 0.25) is 0 Å². The van der Waals surface area contributed by atoms with E-state index in [1.807, 2.05) is 97.9 Å². The molecule has 1 nitrogen and oxygen atoms in total. The van der Waals surface area contributed by atoms with Crippen molar-refractivity contribution >= 4 is 29.4 Å². The second-order valence-corrected chi connectivity index (χ2v) is 7.47. The molecule has 0 spiro atoms. The molecule has 0 aromatic heterocycles. The van der Waals surface area contributed by atoms with Crippen LogP contribution in [0.4, 0.5) is 0 Å². The molecule has 0 bridgehead atoms. The van der Waals surface area contributed by atoms with Gasteiger partial charge in [0.15, 0.2) is 0 Å². The molecule has 0 heterocycles. The standard InChI is InChI=1S/C22H19ClOS/c1-22(24,18-10-6-3-7-11-18)21(16-17-8-4-2-5-9-17)25-20-14-12-19(23)13-15-20/h2-16,24H,1H3/b21-16-. The first kappa shape index (κ1) is 17.8. The summed E-state index contributed by atoms with van der Waals surface area (Å²) < 4.78 is 0. The summed E-state index contributed by atoms with van der Waals surface area (Å²) in [5.74, 6) is 0. The van der Waals surface area contributed by atoms with Gasteiger partial charge >= 0.3 is 0 Å². The van der Waals surface area contributed by atoms with Crippen LogP contribution in [0.3, 0.4) is 0 Å². The molecule has 0 aliphatic heterocycles. The maximum absolute atomic E-state index is 11.3. The Kier molecular flexibility index (Phi) is 5.64. The smallest absolute Gasteiger partial charge is 0.118 e. The number of benzene rings is 3. The highest BCUT2D eigenvalue weighted by atomic mass is 35.5. The van der Waals surface area contributed by atoms with Gasteiger partial charge in [-0.05, 0) is 48.4 Å². The molecule has 0 saturated carbocycles. The van der Waals surface area contributed by atoms with Crippen molar-refractivity contribution in [2.75, 3.05) is 0 Å². The fraction of sp³-hybridized carbons (Fsp3) is 0.0909. The van der Waals surface area contributed by atoms with E-state index < -0.39 is 5.60 Å². The van der Waals surface area contributed by atoms with Gasteiger partial charge in [0.25, 0.3) is 0 Å². The van der Waals surface area contributed by atoms with Gasteiger partial charge in [-0.3, -0.25) is 0 Å². The molecule has 0 amide bonds. The molecule has 0 saturated heterocycles. The Morgan fingerprint density at radius 2 is 1.44 bits per heavy atom. The van der Waals surface area contributed by atoms with Crippen molar-refractivity contribution in [1.29, 1.82) is 0 Å². The molecule has 3 rings (SSSR count). The van der Waals surface area contributed by atoms with E-state index in [-0.39, 0.29) is 0 Å². The third-order valence-corrected chi connectivity index (χ3v) is 5.45. The van der Waals surface area contributed by atoms with Crippen LogP contribution in [0.2, 0.25) is 5.02 Å². The van der Waals surface area contributed by atoms with Crippen LogP contribution < -0.4 is 0 Å². The summed E-state index contributed by atoms with van der Waals surface area (Å²) in [5, 5.41) is 12.0. The molecule has 3 heteroatoms. The van der Waals surface area contributed by atoms with Gasteiger partial charge in [-0.2, -0.15) is 0 Å². The monoisotopic (exact) mass is 366 g/mol. The first-order valence-corrected chi connectivity index (χ1v) is 9.24. The van der Waals surface area contributed by atoms with Crippen LogP contribution in [-0.4, -0.2) is 5.11 Å². The zero-order chi connectivity index (χ0) is 17.7. The van der Waals surface area contributed by atoms with Gasteiger partial charge in [-0.15, -0.1) is 0 Å². The zero-order valence-corrected chi connectivity index (χ0v) is 15.5. The molecule has 3 aromatic rings. The van der Waals surface area contributed by atoms with Gasteiger partial charge in [0.05, 0.1) is 0 Å². The van der Waals surface area contributed by atoms with Crippen molar-refractivity contribution in [2.45, 2.75) is 17.4 Å². The summed E-state index contributed by atoms with van der Waals surface area (Å²) in [6.07, 6.45) is 2.03. The van der Waals surface area contributed by atoms with Crippen LogP contribution in [0.5, 0.6) is 0 Å². The Labute approximate surface area is 158 Å². The third-order valence-electron chi connectivity index (χ3n) is 3.95. The van der Waals surface area contributed by atoms with Gasteiger partial charge in [-0.25, -0.2) is 0 Å². The fourth-order valence-corrected chi connectivity index (χ4v) is 3.67. The van der Waals surface area contributed by atoms with Crippen LogP contribution in [-0.2, 0) is 5.60 Å². The molecular formula is C22H19ClOS. The second-order valence-electron chi connectivity index (χ2n) is 5.91. The SMILES string of the molecule is CC(O)(/C(=C/c1ccccc1)Sc1ccc(Cl)cc1)c1ccccc1. The zero-order valence-electron chi connectivity index (χ0n) is 13.9. The summed E-state index contributed by atoms with van der Waals surface area (Å²) >= 11 is 7.54. The number of rotatable bonds is 5. The average Bonchev–Trinajstić information content (AvgIpc) is 2.64. The van der Waals surface area contributed by atoms with Crippen LogP contribution in [0, 0.1) is 0 Å². The van der Waals surface area contributed by atoms with Gasteiger partial charge < -0.3 is 5.11 Å². The first-order chi connectivity index (χ1) is 12.1. The summed E-state index contributed by atoms with van der Waals surface area (Å²) in [6, 6.07) is 27.4. The number of hydrogen-bond donors (Lipinski definition) is 1. The Hall–Kier alpha value is -2.00. The van der Waals surface area contributed by atoms with Crippen LogP contribution in [0.25, 0.3) is 6.08 Å². The van der Waals surface area contributed by atoms with Crippen molar-refractivity contribution in [1.82, 2.24) is 0 Å². The molecule has 126 valence electrons. The van der Waals surface area contributed by atoms with E-state index in [0.29, 0.717) is 5.02 Å². The lowest BCUT2D eigenvalue weighted by molar-refractivity contribution is 0.108. The van der Waals surface area contributed by atoms with Crippen molar-refractivity contribution in [3.63, 3.8) is 0 Å². The number of thioether (sulfide) groups is 1. The van der Waals surface area contributed by atoms with Crippen molar-refractivity contribution in [3.8, 4) is 0 Å². The van der Waals surface area contributed by atoms with Gasteiger partial charge in [-0.1, -0.05) is 84.0 Å². The van der Waals surface area contributed by atoms with E-state index in [0.717, 1.165) is 20.9 Å². The minimum absolute atomic E-state index is 0.702. The van der Waals surface area contributed by atoms with Crippen molar-refractivity contribution < 1.29 is 5.11 Å². The summed E-state index contributed by atoms with van der Waals surface area (Å²) in [5.41, 5.74) is 0.815. The number of hydrogen-bond acceptors (Lipinski definition) is 2. The number of halogens is 1. The molecule has 0 aliphatic rings. The number of aliphatic hydroxyl groups is 1. The second kappa shape index (κ2) is 7.92. The molecular weight excluding hydrogens is 348 g/mol. The van der Waals surface area contributed by atoms with E-state index >= 15 is 0 Å². The topological polar surface area (TPSA) is 20.2 Å². The summed E-state index contributed by atoms with van der Waals surface area (Å²) in [6.45, 7) is 1.83. The fourth-order valence-electron chi connectivity index (χ4n) is 2.50. The summed E-state index contributed by atoms with van der Waals surface area (Å²) in [4.78, 5) is 1.88. The predicted octanol–water partition coefficient (Wildman–Crippen LogP) is 6.38. The van der Waals surface area contributed by atoms with Gasteiger partial charge in [0.1, 0.15) is 5.60 Å². The molecule has 1 atom stereocenters. The minimum Gasteiger partial charge on any atom is -0.380 e. The van der Waals surface area contributed by atoms with E-state index in [9.17, 15) is 5.11 Å². The molecule has 1 unspecified atom stereocenters. The quantitative estimate of drug-likeness (QED) is 0.528. The van der Waals surface area contributed by atoms with E-state index in [4.69, 9.17) is 11.6 Å². The Morgan fingerprint density at radius 1 is 0.880 bits per heavy atom. The maximum atomic E-state index is 11.3. The highest BCUT2D eigenvalue weighted by Crippen LogP contribution is 2.41. The molecule has 3 aromatic carbocycles. The Morgan fingerprint density at radius 3 is 2.04 bits per heavy atom. The molecule has 25 heavy (non-hydrogen) atoms. The van der Waals surface area contributed by atoms with Crippen LogP contribution >= 0.6 is 23.4 Å². The van der Waals surface area contributed by atoms with E-state index in [1.165, 1.54) is 0 Å². The highest BCUT2D eigenvalue weighted by Gasteiger charge is 2.29. The van der Waals surface area contributed by atoms with Crippen LogP contribution in [0.15, 0.2) is 94.7 Å². The maximum Gasteiger partial charge on any atom is 0.118 e. The van der Waals surface area contributed by atoms with Gasteiger partial charge in [0, 0.05) is 14.8 Å². The summed E-state index contributed by atoms with van der Waals surface area (Å²) in [7, 11) is 0. The molecule has 0 fully saturated rings. The lowest BCUT2D eigenvalue weighted by Crippen LogP contribution is -2.22. The Bertz CT molecular complexity index is 840. The largest absolute Gasteiger partial charge is 0.380 e. The van der Waals surface area contributed by atoms with Crippen molar-refractivity contribution in [3.05, 3.63) is 106 Å². The average molecular weight is 367 g/mol. The van der Waals surface area contributed by atoms with Crippen molar-refractivity contribution in [2.24, 2.45) is 0 Å². The third kappa shape index (κ3) is 4.55. The minimum atomic E-state index is -1.10. The van der Waals surface area contributed by atoms with E-state index in [2.05, 4.69) is 0 Å². The lowest BCUT2D eigenvalue weighted by atomic mass is 9.94. The molecule has 1 N–H and O–H groups in total. The van der Waals surface area contributed by atoms with E-state index in [1.54, 1.807) is 11.8 Å². The predicted molar refractivity (Wildman–Crippen MR) is 108 cm³/mol. The molecule has 0 radical (unpaired) electrons. The molecule has 0 aliphatic carbocycles. The Balaban J connectivity index is 2.02. The normalized spacial score (nSPS) is 14.1. The first-order valence-electron chi connectivity index (χ1n) is 8.04.